The van der Waals surface area contributed by atoms with Crippen LogP contribution in [-0.4, -0.2) is 37.9 Å². The SMILES string of the molecule is CCCCCCCCCCCCCCCCc1ccc(C(=O)OC(=O)c2ccc(CCCCCCCCCCCCCCCC)cc2S(=O)(=O)O)c(S(=O)(=O)O)c1. The quantitative estimate of drug-likeness (QED) is 0.0304. The van der Waals surface area contributed by atoms with Crippen LogP contribution in [0.3, 0.4) is 0 Å². The van der Waals surface area contributed by atoms with Gasteiger partial charge >= 0.3 is 11.9 Å². The molecule has 2 rings (SSSR count). The molecule has 0 aliphatic heterocycles. The molecular weight excluding hydrogens is 761 g/mol. The standard InChI is InChI=1S/C46H74O9S2/c1-3-5-7-9-11-13-15-17-19-21-23-25-27-29-31-39-33-35-41(43(37-39)56(49,50)51)45(47)55-46(48)42-36-34-40(38-44(42)57(52,53)54)32-30-28-26-24-22-20-18-16-14-12-10-8-6-4-2/h33-38H,3-32H2,1-2H3,(H,49,50,51)(H,52,53,54). The number of aryl methyl sites for hydroxylation is 2. The predicted octanol–water partition coefficient (Wildman–Crippen LogP) is 13.2. The topological polar surface area (TPSA) is 152 Å². The van der Waals surface area contributed by atoms with E-state index in [1.807, 2.05) is 0 Å². The highest BCUT2D eigenvalue weighted by atomic mass is 32.2. The molecule has 11 heteroatoms. The number of hydrogen-bond donors (Lipinski definition) is 2. The Labute approximate surface area is 346 Å². The van der Waals surface area contributed by atoms with Crippen LogP contribution in [0.1, 0.15) is 225 Å². The Bertz CT molecular complexity index is 1530. The van der Waals surface area contributed by atoms with Crippen LogP contribution in [0.25, 0.3) is 0 Å². The fourth-order valence-corrected chi connectivity index (χ4v) is 8.91. The van der Waals surface area contributed by atoms with Crippen molar-refractivity contribution in [1.29, 1.82) is 0 Å². The van der Waals surface area contributed by atoms with E-state index < -0.39 is 53.1 Å². The Hall–Kier alpha value is -2.60. The van der Waals surface area contributed by atoms with Gasteiger partial charge in [0.05, 0.1) is 11.1 Å². The summed E-state index contributed by atoms with van der Waals surface area (Å²) in [6, 6.07) is 7.87. The Morgan fingerprint density at radius 3 is 0.912 bits per heavy atom. The molecule has 0 saturated heterocycles. The summed E-state index contributed by atoms with van der Waals surface area (Å²) in [6.07, 6.45) is 35.1. The fourth-order valence-electron chi connectivity index (χ4n) is 7.45. The highest BCUT2D eigenvalue weighted by molar-refractivity contribution is 7.86. The number of unbranched alkanes of at least 4 members (excludes halogenated alkanes) is 26. The van der Waals surface area contributed by atoms with Crippen LogP contribution in [0.4, 0.5) is 0 Å². The number of esters is 2. The second-order valence-electron chi connectivity index (χ2n) is 16.0. The molecule has 0 aliphatic rings. The van der Waals surface area contributed by atoms with Gasteiger partial charge in [0.1, 0.15) is 9.79 Å². The highest BCUT2D eigenvalue weighted by Crippen LogP contribution is 2.24. The second kappa shape index (κ2) is 29.6. The first-order chi connectivity index (χ1) is 27.4. The first-order valence-corrected chi connectivity index (χ1v) is 25.2. The van der Waals surface area contributed by atoms with Crippen molar-refractivity contribution in [1.82, 2.24) is 0 Å². The maximum absolute atomic E-state index is 13.1. The first kappa shape index (κ1) is 50.5. The average molecular weight is 835 g/mol. The minimum absolute atomic E-state index is 0.540. The number of rotatable bonds is 34. The van der Waals surface area contributed by atoms with Gasteiger partial charge in [0.25, 0.3) is 20.2 Å². The average Bonchev–Trinajstić information content (AvgIpc) is 3.17. The molecule has 0 aromatic heterocycles. The van der Waals surface area contributed by atoms with Crippen LogP contribution >= 0.6 is 0 Å². The first-order valence-electron chi connectivity index (χ1n) is 22.4. The molecule has 0 bridgehead atoms. The molecule has 0 atom stereocenters. The third-order valence-electron chi connectivity index (χ3n) is 10.9. The van der Waals surface area contributed by atoms with E-state index in [1.54, 1.807) is 12.1 Å². The van der Waals surface area contributed by atoms with Gasteiger partial charge in [0, 0.05) is 0 Å². The van der Waals surface area contributed by atoms with E-state index >= 15 is 0 Å². The van der Waals surface area contributed by atoms with Gasteiger partial charge in [-0.3, -0.25) is 9.11 Å². The number of benzene rings is 2. The van der Waals surface area contributed by atoms with Gasteiger partial charge in [0.2, 0.25) is 0 Å². The van der Waals surface area contributed by atoms with E-state index in [0.717, 1.165) is 51.4 Å². The third-order valence-corrected chi connectivity index (χ3v) is 12.7. The zero-order valence-electron chi connectivity index (χ0n) is 35.2. The van der Waals surface area contributed by atoms with Crippen LogP contribution < -0.4 is 0 Å². The van der Waals surface area contributed by atoms with Gasteiger partial charge in [-0.25, -0.2) is 9.59 Å². The minimum atomic E-state index is -4.87. The Balaban J connectivity index is 1.82. The van der Waals surface area contributed by atoms with Crippen LogP contribution in [0.5, 0.6) is 0 Å². The lowest BCUT2D eigenvalue weighted by Crippen LogP contribution is -2.18. The summed E-state index contributed by atoms with van der Waals surface area (Å²) in [7, 11) is -9.74. The molecule has 2 aromatic carbocycles. The molecule has 0 heterocycles. The lowest BCUT2D eigenvalue weighted by molar-refractivity contribution is 0.0391. The summed E-state index contributed by atoms with van der Waals surface area (Å²) >= 11 is 0. The molecule has 0 radical (unpaired) electrons. The highest BCUT2D eigenvalue weighted by Gasteiger charge is 2.28. The van der Waals surface area contributed by atoms with Crippen molar-refractivity contribution in [2.45, 2.75) is 216 Å². The van der Waals surface area contributed by atoms with Crippen LogP contribution in [0, 0.1) is 0 Å². The van der Waals surface area contributed by atoms with Gasteiger partial charge in [-0.1, -0.05) is 193 Å². The van der Waals surface area contributed by atoms with Gasteiger partial charge < -0.3 is 4.74 Å². The molecule has 2 aromatic rings. The lowest BCUT2D eigenvalue weighted by atomic mass is 10.0. The summed E-state index contributed by atoms with van der Waals surface area (Å²) in [5, 5.41) is 0. The molecule has 0 saturated carbocycles. The van der Waals surface area contributed by atoms with Crippen molar-refractivity contribution in [3.63, 3.8) is 0 Å². The molecule has 0 amide bonds. The number of hydrogen-bond acceptors (Lipinski definition) is 7. The van der Waals surface area contributed by atoms with E-state index in [9.17, 15) is 35.5 Å². The number of ether oxygens (including phenoxy) is 1. The Morgan fingerprint density at radius 2 is 0.667 bits per heavy atom. The largest absolute Gasteiger partial charge is 0.386 e. The van der Waals surface area contributed by atoms with E-state index in [2.05, 4.69) is 13.8 Å². The van der Waals surface area contributed by atoms with E-state index in [4.69, 9.17) is 4.74 Å². The van der Waals surface area contributed by atoms with Crippen LogP contribution in [0.15, 0.2) is 46.2 Å². The summed E-state index contributed by atoms with van der Waals surface area (Å²) in [4.78, 5) is 24.7. The maximum Gasteiger partial charge on any atom is 0.347 e. The molecular formula is C46H74O9S2. The summed E-state index contributed by atoms with van der Waals surface area (Å²) < 4.78 is 73.9. The smallest absolute Gasteiger partial charge is 0.347 e. The van der Waals surface area contributed by atoms with Crippen LogP contribution in [0.2, 0.25) is 0 Å². The Kier molecular flexibility index (Phi) is 26.2. The lowest BCUT2D eigenvalue weighted by Gasteiger charge is -2.11. The summed E-state index contributed by atoms with van der Waals surface area (Å²) in [5.74, 6) is -2.74. The molecule has 9 nitrogen and oxygen atoms in total. The predicted molar refractivity (Wildman–Crippen MR) is 230 cm³/mol. The summed E-state index contributed by atoms with van der Waals surface area (Å²) in [6.45, 7) is 4.47. The molecule has 0 spiro atoms. The van der Waals surface area contributed by atoms with Gasteiger partial charge in [0.15, 0.2) is 0 Å². The summed E-state index contributed by atoms with van der Waals surface area (Å²) in [5.41, 5.74) is 0.0942. The Morgan fingerprint density at radius 1 is 0.421 bits per heavy atom. The van der Waals surface area contributed by atoms with Gasteiger partial charge in [-0.2, -0.15) is 16.8 Å². The van der Waals surface area contributed by atoms with Crippen molar-refractivity contribution >= 4 is 32.2 Å². The number of carbonyl (C=O) groups excluding carboxylic acids is 2. The second-order valence-corrected chi connectivity index (χ2v) is 18.8. The zero-order valence-corrected chi connectivity index (χ0v) is 36.9. The molecule has 2 N–H and O–H groups in total. The fraction of sp³-hybridized carbons (Fsp3) is 0.696. The van der Waals surface area contributed by atoms with Crippen molar-refractivity contribution in [3.05, 3.63) is 58.7 Å². The third kappa shape index (κ3) is 22.4. The molecule has 0 fully saturated rings. The molecule has 0 aliphatic carbocycles. The minimum Gasteiger partial charge on any atom is -0.386 e. The van der Waals surface area contributed by atoms with E-state index in [1.165, 1.54) is 153 Å². The van der Waals surface area contributed by atoms with Crippen molar-refractivity contribution < 1.29 is 40.3 Å². The van der Waals surface area contributed by atoms with Crippen molar-refractivity contribution in [3.8, 4) is 0 Å². The van der Waals surface area contributed by atoms with E-state index in [-0.39, 0.29) is 0 Å². The molecule has 324 valence electrons. The number of carbonyl (C=O) groups is 2. The monoisotopic (exact) mass is 834 g/mol. The van der Waals surface area contributed by atoms with Crippen LogP contribution in [-0.2, 0) is 37.8 Å². The normalized spacial score (nSPS) is 11.9. The van der Waals surface area contributed by atoms with Gasteiger partial charge in [-0.05, 0) is 61.1 Å². The molecule has 0 unspecified atom stereocenters. The van der Waals surface area contributed by atoms with Crippen molar-refractivity contribution in [2.24, 2.45) is 0 Å². The van der Waals surface area contributed by atoms with Gasteiger partial charge in [-0.15, -0.1) is 0 Å². The maximum atomic E-state index is 13.1. The van der Waals surface area contributed by atoms with E-state index in [0.29, 0.717) is 24.0 Å². The van der Waals surface area contributed by atoms with Crippen molar-refractivity contribution in [2.75, 3.05) is 0 Å². The zero-order chi connectivity index (χ0) is 41.8. The molecule has 57 heavy (non-hydrogen) atoms.